The topological polar surface area (TPSA) is 37.0 Å². The number of para-hydroxylation sites is 1. The molecule has 94 valence electrons. The second kappa shape index (κ2) is 5.36. The molecule has 18 heavy (non-hydrogen) atoms. The van der Waals surface area contributed by atoms with E-state index in [-0.39, 0.29) is 0 Å². The lowest BCUT2D eigenvalue weighted by atomic mass is 10.1. The van der Waals surface area contributed by atoms with Gasteiger partial charge in [-0.05, 0) is 37.9 Å². The number of fused-ring (bicyclic) bond motifs is 1. The van der Waals surface area contributed by atoms with Gasteiger partial charge in [-0.2, -0.15) is 0 Å². The molecule has 1 aromatic heterocycles. The van der Waals surface area contributed by atoms with Crippen LogP contribution in [0.15, 0.2) is 36.5 Å². The highest BCUT2D eigenvalue weighted by molar-refractivity contribution is 5.90. The first-order valence-electron chi connectivity index (χ1n) is 6.74. The van der Waals surface area contributed by atoms with Crippen LogP contribution >= 0.6 is 0 Å². The quantitative estimate of drug-likeness (QED) is 0.864. The van der Waals surface area contributed by atoms with E-state index in [2.05, 4.69) is 39.9 Å². The Balaban J connectivity index is 1.66. The van der Waals surface area contributed by atoms with Crippen LogP contribution in [0, 0.1) is 0 Å². The first-order valence-corrected chi connectivity index (χ1v) is 6.74. The number of anilines is 1. The van der Waals surface area contributed by atoms with Crippen molar-refractivity contribution in [3.8, 4) is 0 Å². The number of aromatic nitrogens is 1. The summed E-state index contributed by atoms with van der Waals surface area (Å²) in [7, 11) is 0. The summed E-state index contributed by atoms with van der Waals surface area (Å²) in [5, 5.41) is 8.27. The zero-order chi connectivity index (χ0) is 12.2. The summed E-state index contributed by atoms with van der Waals surface area (Å²) < 4.78 is 0. The molecule has 1 aliphatic heterocycles. The highest BCUT2D eigenvalue weighted by atomic mass is 15.0. The van der Waals surface area contributed by atoms with E-state index in [0.717, 1.165) is 12.1 Å². The van der Waals surface area contributed by atoms with E-state index < -0.39 is 0 Å². The van der Waals surface area contributed by atoms with Gasteiger partial charge in [0, 0.05) is 29.9 Å². The minimum atomic E-state index is 0.700. The Labute approximate surface area is 108 Å². The normalized spacial score (nSPS) is 19.2. The summed E-state index contributed by atoms with van der Waals surface area (Å²) in [6.07, 6.45) is 5.71. The van der Waals surface area contributed by atoms with Gasteiger partial charge >= 0.3 is 0 Å². The SMILES string of the molecule is c1ccc2c(NCC[C@H]3CCCN3)ccnc2c1. The van der Waals surface area contributed by atoms with Gasteiger partial charge in [0.1, 0.15) is 0 Å². The average molecular weight is 241 g/mol. The lowest BCUT2D eigenvalue weighted by Crippen LogP contribution is -2.24. The molecule has 1 atom stereocenters. The molecule has 0 radical (unpaired) electrons. The molecule has 0 amide bonds. The van der Waals surface area contributed by atoms with Crippen molar-refractivity contribution in [2.75, 3.05) is 18.4 Å². The highest BCUT2D eigenvalue weighted by Gasteiger charge is 2.13. The molecule has 1 aromatic carbocycles. The molecule has 3 rings (SSSR count). The summed E-state index contributed by atoms with van der Waals surface area (Å²) in [5.41, 5.74) is 2.25. The third-order valence-electron chi connectivity index (χ3n) is 3.62. The summed E-state index contributed by atoms with van der Waals surface area (Å²) in [4.78, 5) is 4.38. The van der Waals surface area contributed by atoms with E-state index in [0.29, 0.717) is 6.04 Å². The van der Waals surface area contributed by atoms with Crippen LogP contribution < -0.4 is 10.6 Å². The second-order valence-corrected chi connectivity index (χ2v) is 4.88. The zero-order valence-corrected chi connectivity index (χ0v) is 10.5. The van der Waals surface area contributed by atoms with Crippen LogP contribution in [0.4, 0.5) is 5.69 Å². The molecule has 2 aromatic rings. The molecule has 1 fully saturated rings. The monoisotopic (exact) mass is 241 g/mol. The third-order valence-corrected chi connectivity index (χ3v) is 3.62. The third kappa shape index (κ3) is 2.46. The van der Waals surface area contributed by atoms with Crippen LogP contribution in [-0.4, -0.2) is 24.1 Å². The Morgan fingerprint density at radius 1 is 1.28 bits per heavy atom. The Morgan fingerprint density at radius 2 is 2.22 bits per heavy atom. The molecule has 0 spiro atoms. The predicted molar refractivity (Wildman–Crippen MR) is 75.9 cm³/mol. The van der Waals surface area contributed by atoms with Gasteiger partial charge in [0.25, 0.3) is 0 Å². The fourth-order valence-electron chi connectivity index (χ4n) is 2.63. The van der Waals surface area contributed by atoms with Crippen molar-refractivity contribution in [2.45, 2.75) is 25.3 Å². The molecule has 3 heteroatoms. The first kappa shape index (κ1) is 11.5. The molecule has 0 aliphatic carbocycles. The summed E-state index contributed by atoms with van der Waals surface area (Å²) in [6, 6.07) is 11.0. The van der Waals surface area contributed by atoms with E-state index >= 15 is 0 Å². The minimum absolute atomic E-state index is 0.700. The fourth-order valence-corrected chi connectivity index (χ4v) is 2.63. The van der Waals surface area contributed by atoms with Crippen molar-refractivity contribution in [3.05, 3.63) is 36.5 Å². The van der Waals surface area contributed by atoms with Crippen LogP contribution in [0.5, 0.6) is 0 Å². The van der Waals surface area contributed by atoms with Crippen LogP contribution in [0.3, 0.4) is 0 Å². The Morgan fingerprint density at radius 3 is 3.11 bits per heavy atom. The van der Waals surface area contributed by atoms with Gasteiger partial charge < -0.3 is 10.6 Å². The van der Waals surface area contributed by atoms with Crippen molar-refractivity contribution in [3.63, 3.8) is 0 Å². The fraction of sp³-hybridized carbons (Fsp3) is 0.400. The smallest absolute Gasteiger partial charge is 0.0722 e. The summed E-state index contributed by atoms with van der Waals surface area (Å²) in [6.45, 7) is 2.20. The minimum Gasteiger partial charge on any atom is -0.384 e. The molecule has 0 bridgehead atoms. The number of nitrogens with one attached hydrogen (secondary N) is 2. The van der Waals surface area contributed by atoms with E-state index in [4.69, 9.17) is 0 Å². The van der Waals surface area contributed by atoms with Crippen LogP contribution in [-0.2, 0) is 0 Å². The molecular weight excluding hydrogens is 222 g/mol. The molecule has 2 heterocycles. The molecule has 0 unspecified atom stereocenters. The van der Waals surface area contributed by atoms with E-state index in [1.54, 1.807) is 0 Å². The standard InChI is InChI=1S/C15H19N3/c1-2-6-14-13(5-1)15(8-11-18-14)17-10-7-12-4-3-9-16-12/h1-2,5-6,8,11-12,16H,3-4,7,9-10H2,(H,17,18)/t12-/m1/s1. The number of rotatable bonds is 4. The van der Waals surface area contributed by atoms with Crippen molar-refractivity contribution >= 4 is 16.6 Å². The number of hydrogen-bond acceptors (Lipinski definition) is 3. The largest absolute Gasteiger partial charge is 0.384 e. The van der Waals surface area contributed by atoms with Crippen LogP contribution in [0.2, 0.25) is 0 Å². The molecular formula is C15H19N3. The van der Waals surface area contributed by atoms with Gasteiger partial charge in [-0.15, -0.1) is 0 Å². The Hall–Kier alpha value is -1.61. The number of benzene rings is 1. The molecule has 0 saturated carbocycles. The molecule has 1 saturated heterocycles. The van der Waals surface area contributed by atoms with Gasteiger partial charge in [-0.25, -0.2) is 0 Å². The van der Waals surface area contributed by atoms with Gasteiger partial charge in [-0.1, -0.05) is 18.2 Å². The van der Waals surface area contributed by atoms with Crippen molar-refractivity contribution in [1.29, 1.82) is 0 Å². The maximum absolute atomic E-state index is 4.38. The van der Waals surface area contributed by atoms with Gasteiger partial charge in [-0.3, -0.25) is 4.98 Å². The van der Waals surface area contributed by atoms with E-state index in [1.807, 2.05) is 12.3 Å². The number of pyridine rings is 1. The molecule has 2 N–H and O–H groups in total. The predicted octanol–water partition coefficient (Wildman–Crippen LogP) is 2.79. The van der Waals surface area contributed by atoms with Crippen molar-refractivity contribution < 1.29 is 0 Å². The lowest BCUT2D eigenvalue weighted by Gasteiger charge is -2.12. The number of hydrogen-bond donors (Lipinski definition) is 2. The highest BCUT2D eigenvalue weighted by Crippen LogP contribution is 2.21. The van der Waals surface area contributed by atoms with Crippen LogP contribution in [0.1, 0.15) is 19.3 Å². The Bertz CT molecular complexity index is 513. The van der Waals surface area contributed by atoms with Gasteiger partial charge in [0.15, 0.2) is 0 Å². The van der Waals surface area contributed by atoms with E-state index in [1.165, 1.54) is 36.9 Å². The second-order valence-electron chi connectivity index (χ2n) is 4.88. The van der Waals surface area contributed by atoms with Gasteiger partial charge in [0.05, 0.1) is 5.52 Å². The lowest BCUT2D eigenvalue weighted by molar-refractivity contribution is 0.574. The van der Waals surface area contributed by atoms with Crippen LogP contribution in [0.25, 0.3) is 10.9 Å². The summed E-state index contributed by atoms with van der Waals surface area (Å²) in [5.74, 6) is 0. The maximum atomic E-state index is 4.38. The van der Waals surface area contributed by atoms with Gasteiger partial charge in [0.2, 0.25) is 0 Å². The van der Waals surface area contributed by atoms with E-state index in [9.17, 15) is 0 Å². The zero-order valence-electron chi connectivity index (χ0n) is 10.5. The maximum Gasteiger partial charge on any atom is 0.0722 e. The first-order chi connectivity index (χ1) is 8.93. The van der Waals surface area contributed by atoms with Crippen molar-refractivity contribution in [1.82, 2.24) is 10.3 Å². The molecule has 1 aliphatic rings. The average Bonchev–Trinajstić information content (AvgIpc) is 2.92. The van der Waals surface area contributed by atoms with Crippen molar-refractivity contribution in [2.24, 2.45) is 0 Å². The Kier molecular flexibility index (Phi) is 3.42. The summed E-state index contributed by atoms with van der Waals surface area (Å²) >= 11 is 0. The number of nitrogens with zero attached hydrogens (tertiary/aromatic N) is 1. The molecule has 3 nitrogen and oxygen atoms in total.